The second-order valence-electron chi connectivity index (χ2n) is 5.57. The minimum atomic E-state index is -0.937. The number of anilines is 1. The Morgan fingerprint density at radius 1 is 1.24 bits per heavy atom. The summed E-state index contributed by atoms with van der Waals surface area (Å²) < 4.78 is 6.63. The van der Waals surface area contributed by atoms with Crippen molar-refractivity contribution < 1.29 is 19.4 Å². The molecule has 0 aromatic heterocycles. The van der Waals surface area contributed by atoms with Gasteiger partial charge in [0.1, 0.15) is 5.75 Å². The quantitative estimate of drug-likeness (QED) is 0.781. The van der Waals surface area contributed by atoms with E-state index in [0.717, 1.165) is 4.47 Å². The third-order valence-electron chi connectivity index (χ3n) is 3.88. The Morgan fingerprint density at radius 3 is 2.33 bits per heavy atom. The molecule has 2 N–H and O–H groups in total. The number of aliphatic carboxylic acids is 1. The first kappa shape index (κ1) is 16.3. The lowest BCUT2D eigenvalue weighted by Crippen LogP contribution is -2.18. The van der Waals surface area contributed by atoms with Crippen LogP contribution >= 0.6 is 31.9 Å². The molecule has 5 nitrogen and oxygen atoms in total. The molecule has 0 bridgehead atoms. The molecule has 21 heavy (non-hydrogen) atoms. The lowest BCUT2D eigenvalue weighted by atomic mass is 10.1. The molecule has 1 fully saturated rings. The fourth-order valence-corrected chi connectivity index (χ4v) is 3.83. The molecule has 1 aromatic rings. The number of hydrogen-bond acceptors (Lipinski definition) is 3. The van der Waals surface area contributed by atoms with Crippen LogP contribution in [-0.2, 0) is 9.59 Å². The molecule has 0 aliphatic heterocycles. The number of amides is 1. The van der Waals surface area contributed by atoms with Gasteiger partial charge in [0.05, 0.1) is 29.1 Å². The molecule has 2 rings (SSSR count). The molecule has 2 atom stereocenters. The average Bonchev–Trinajstić information content (AvgIpc) is 2.96. The van der Waals surface area contributed by atoms with Crippen molar-refractivity contribution in [2.45, 2.75) is 13.8 Å². The molecule has 0 radical (unpaired) electrons. The van der Waals surface area contributed by atoms with Gasteiger partial charge in [0.2, 0.25) is 5.91 Å². The maximum Gasteiger partial charge on any atom is 0.307 e. The zero-order valence-corrected chi connectivity index (χ0v) is 14.9. The molecule has 1 aromatic carbocycles. The first-order valence-electron chi connectivity index (χ1n) is 6.26. The molecule has 7 heteroatoms. The van der Waals surface area contributed by atoms with Gasteiger partial charge in [-0.3, -0.25) is 9.59 Å². The van der Waals surface area contributed by atoms with Crippen LogP contribution in [0, 0.1) is 17.3 Å². The predicted octanol–water partition coefficient (Wildman–Crippen LogP) is 3.52. The van der Waals surface area contributed by atoms with Crippen LogP contribution in [-0.4, -0.2) is 24.1 Å². The van der Waals surface area contributed by atoms with Gasteiger partial charge < -0.3 is 15.2 Å². The van der Waals surface area contributed by atoms with Crippen LogP contribution in [0.5, 0.6) is 5.75 Å². The smallest absolute Gasteiger partial charge is 0.307 e. The maximum atomic E-state index is 12.3. The van der Waals surface area contributed by atoms with Crippen molar-refractivity contribution in [3.63, 3.8) is 0 Å². The van der Waals surface area contributed by atoms with Gasteiger partial charge in [-0.15, -0.1) is 0 Å². The number of halogens is 2. The summed E-state index contributed by atoms with van der Waals surface area (Å²) in [6.07, 6.45) is 0. The zero-order valence-electron chi connectivity index (χ0n) is 11.7. The third kappa shape index (κ3) is 2.94. The number of carboxylic acid groups (broad SMARTS) is 1. The van der Waals surface area contributed by atoms with E-state index in [4.69, 9.17) is 9.84 Å². The summed E-state index contributed by atoms with van der Waals surface area (Å²) in [4.78, 5) is 23.4. The number of hydrogen-bond donors (Lipinski definition) is 2. The normalized spacial score (nSPS) is 22.5. The third-order valence-corrected chi connectivity index (χ3v) is 5.15. The Bertz CT molecular complexity index is 615. The highest BCUT2D eigenvalue weighted by Crippen LogP contribution is 2.58. The standard InChI is InChI=1S/C14H15Br2NO4/c1-14(2)10(11(14)13(19)20)12(18)17-8-5-9(21-3)7(16)4-6(8)15/h4-5,10-11H,1-3H3,(H,17,18)(H,19,20)/t10-,11+/m1/s1. The summed E-state index contributed by atoms with van der Waals surface area (Å²) in [6, 6.07) is 3.44. The molecular formula is C14H15Br2NO4. The number of carbonyl (C=O) groups is 2. The van der Waals surface area contributed by atoms with Crippen molar-refractivity contribution in [1.29, 1.82) is 0 Å². The predicted molar refractivity (Wildman–Crippen MR) is 85.4 cm³/mol. The van der Waals surface area contributed by atoms with Crippen LogP contribution in [0.25, 0.3) is 0 Å². The lowest BCUT2D eigenvalue weighted by Gasteiger charge is -2.11. The van der Waals surface area contributed by atoms with Crippen LogP contribution in [0.3, 0.4) is 0 Å². The number of ether oxygens (including phenoxy) is 1. The van der Waals surface area contributed by atoms with Gasteiger partial charge in [-0.2, -0.15) is 0 Å². The molecule has 1 aliphatic carbocycles. The Balaban J connectivity index is 2.20. The van der Waals surface area contributed by atoms with Gasteiger partial charge in [0, 0.05) is 10.5 Å². The minimum Gasteiger partial charge on any atom is -0.495 e. The van der Waals surface area contributed by atoms with Crippen molar-refractivity contribution in [3.8, 4) is 5.75 Å². The molecule has 1 amide bonds. The number of carboxylic acids is 1. The van der Waals surface area contributed by atoms with E-state index in [2.05, 4.69) is 37.2 Å². The van der Waals surface area contributed by atoms with E-state index in [1.165, 1.54) is 7.11 Å². The summed E-state index contributed by atoms with van der Waals surface area (Å²) in [5.41, 5.74) is 0.0221. The Hall–Kier alpha value is -1.08. The van der Waals surface area contributed by atoms with E-state index < -0.39 is 23.2 Å². The molecule has 0 heterocycles. The van der Waals surface area contributed by atoms with Crippen LogP contribution in [0.15, 0.2) is 21.1 Å². The molecule has 114 valence electrons. The van der Waals surface area contributed by atoms with Gasteiger partial charge in [-0.25, -0.2) is 0 Å². The van der Waals surface area contributed by atoms with Crippen LogP contribution in [0.1, 0.15) is 13.8 Å². The van der Waals surface area contributed by atoms with Crippen molar-refractivity contribution in [1.82, 2.24) is 0 Å². The molecular weight excluding hydrogens is 406 g/mol. The summed E-state index contributed by atoms with van der Waals surface area (Å²) in [6.45, 7) is 3.57. The van der Waals surface area contributed by atoms with Gasteiger partial charge in [0.25, 0.3) is 0 Å². The van der Waals surface area contributed by atoms with Crippen molar-refractivity contribution in [2.24, 2.45) is 17.3 Å². The Morgan fingerprint density at radius 2 is 1.86 bits per heavy atom. The Labute approximate surface area is 139 Å². The molecule has 0 unspecified atom stereocenters. The molecule has 0 saturated heterocycles. The second-order valence-corrected chi connectivity index (χ2v) is 7.28. The summed E-state index contributed by atoms with van der Waals surface area (Å²) in [7, 11) is 1.53. The summed E-state index contributed by atoms with van der Waals surface area (Å²) in [5.74, 6) is -1.83. The fraction of sp³-hybridized carbons (Fsp3) is 0.429. The molecule has 0 spiro atoms. The SMILES string of the molecule is COc1cc(NC(=O)[C@H]2[C@@H](C(=O)O)C2(C)C)c(Br)cc1Br. The van der Waals surface area contributed by atoms with Crippen LogP contribution in [0.4, 0.5) is 5.69 Å². The van der Waals surface area contributed by atoms with E-state index >= 15 is 0 Å². The Kier molecular flexibility index (Phi) is 4.35. The average molecular weight is 421 g/mol. The number of rotatable bonds is 4. The highest BCUT2D eigenvalue weighted by Gasteiger charge is 2.65. The van der Waals surface area contributed by atoms with Crippen LogP contribution in [0.2, 0.25) is 0 Å². The first-order chi connectivity index (χ1) is 9.70. The highest BCUT2D eigenvalue weighted by molar-refractivity contribution is 9.11. The van der Waals surface area contributed by atoms with Gasteiger partial charge >= 0.3 is 5.97 Å². The van der Waals surface area contributed by atoms with E-state index in [1.54, 1.807) is 26.0 Å². The summed E-state index contributed by atoms with van der Waals surface area (Å²) >= 11 is 6.71. The second kappa shape index (κ2) is 5.61. The van der Waals surface area contributed by atoms with Crippen molar-refractivity contribution in [3.05, 3.63) is 21.1 Å². The van der Waals surface area contributed by atoms with E-state index in [0.29, 0.717) is 15.9 Å². The zero-order chi connectivity index (χ0) is 15.9. The number of carbonyl (C=O) groups excluding carboxylic acids is 1. The van der Waals surface area contributed by atoms with Gasteiger partial charge in [-0.05, 0) is 43.3 Å². The van der Waals surface area contributed by atoms with E-state index in [1.807, 2.05) is 0 Å². The number of methoxy groups -OCH3 is 1. The number of benzene rings is 1. The van der Waals surface area contributed by atoms with Gasteiger partial charge in [0.15, 0.2) is 0 Å². The highest BCUT2D eigenvalue weighted by atomic mass is 79.9. The first-order valence-corrected chi connectivity index (χ1v) is 7.85. The monoisotopic (exact) mass is 419 g/mol. The maximum absolute atomic E-state index is 12.3. The van der Waals surface area contributed by atoms with E-state index in [-0.39, 0.29) is 5.91 Å². The van der Waals surface area contributed by atoms with Crippen molar-refractivity contribution in [2.75, 3.05) is 12.4 Å². The summed E-state index contributed by atoms with van der Waals surface area (Å²) in [5, 5.41) is 11.9. The fourth-order valence-electron chi connectivity index (χ4n) is 2.58. The van der Waals surface area contributed by atoms with Gasteiger partial charge in [-0.1, -0.05) is 13.8 Å². The number of nitrogens with one attached hydrogen (secondary N) is 1. The lowest BCUT2D eigenvalue weighted by molar-refractivity contribution is -0.140. The molecule has 1 aliphatic rings. The topological polar surface area (TPSA) is 75.6 Å². The molecule has 1 saturated carbocycles. The van der Waals surface area contributed by atoms with Crippen molar-refractivity contribution >= 4 is 49.4 Å². The van der Waals surface area contributed by atoms with E-state index in [9.17, 15) is 9.59 Å². The van der Waals surface area contributed by atoms with Crippen LogP contribution < -0.4 is 10.1 Å². The minimum absolute atomic E-state index is 0.294. The largest absolute Gasteiger partial charge is 0.495 e.